The molecule has 3 aliphatic rings. The molecule has 146 valence electrons. The summed E-state index contributed by atoms with van der Waals surface area (Å²) in [4.78, 5) is 9.36. The van der Waals surface area contributed by atoms with Crippen molar-refractivity contribution in [3.63, 3.8) is 0 Å². The minimum atomic E-state index is -0.211. The van der Waals surface area contributed by atoms with Gasteiger partial charge in [0, 0.05) is 25.4 Å². The Balaban J connectivity index is 1.45. The lowest BCUT2D eigenvalue weighted by Crippen LogP contribution is -2.56. The summed E-state index contributed by atoms with van der Waals surface area (Å²) in [6.45, 7) is 1.59. The summed E-state index contributed by atoms with van der Waals surface area (Å²) in [6, 6.07) is 16.7. The zero-order valence-corrected chi connectivity index (χ0v) is 16.4. The van der Waals surface area contributed by atoms with Crippen LogP contribution >= 0.6 is 0 Å². The maximum Gasteiger partial charge on any atom is 0.288 e. The topological polar surface area (TPSA) is 28.1 Å². The molecule has 0 N–H and O–H groups in total. The molecule has 1 aliphatic carbocycles. The lowest BCUT2D eigenvalue weighted by molar-refractivity contribution is -0.0571. The molecule has 0 aromatic heterocycles. The average Bonchev–Trinajstić information content (AvgIpc) is 3.12. The summed E-state index contributed by atoms with van der Waals surface area (Å²) in [5, 5.41) is 0. The van der Waals surface area contributed by atoms with Crippen molar-refractivity contribution in [2.24, 2.45) is 4.99 Å². The second kappa shape index (κ2) is 6.59. The van der Waals surface area contributed by atoms with Crippen LogP contribution in [0.25, 0.3) is 0 Å². The first kappa shape index (κ1) is 17.7. The maximum absolute atomic E-state index is 13.5. The van der Waals surface area contributed by atoms with Crippen LogP contribution in [0.5, 0.6) is 0 Å². The van der Waals surface area contributed by atoms with E-state index in [9.17, 15) is 4.39 Å². The van der Waals surface area contributed by atoms with E-state index in [1.54, 1.807) is 0 Å². The van der Waals surface area contributed by atoms with E-state index in [0.717, 1.165) is 43.9 Å². The Labute approximate surface area is 165 Å². The third-order valence-corrected chi connectivity index (χ3v) is 6.47. The van der Waals surface area contributed by atoms with Gasteiger partial charge in [0.1, 0.15) is 11.4 Å². The molecular formula is C23H26FN3O. The van der Waals surface area contributed by atoms with Crippen molar-refractivity contribution in [1.82, 2.24) is 9.80 Å². The normalized spacial score (nSPS) is 28.7. The fourth-order valence-corrected chi connectivity index (χ4v) is 4.77. The van der Waals surface area contributed by atoms with Crippen LogP contribution in [-0.4, -0.2) is 54.6 Å². The molecule has 2 heterocycles. The predicted octanol–water partition coefficient (Wildman–Crippen LogP) is 3.62. The highest BCUT2D eigenvalue weighted by Gasteiger charge is 2.52. The van der Waals surface area contributed by atoms with E-state index in [0.29, 0.717) is 6.04 Å². The lowest BCUT2D eigenvalue weighted by atomic mass is 9.75. The van der Waals surface area contributed by atoms with Gasteiger partial charge in [-0.05, 0) is 49.3 Å². The molecule has 5 heteroatoms. The van der Waals surface area contributed by atoms with Crippen molar-refractivity contribution in [1.29, 1.82) is 0 Å². The Morgan fingerprint density at radius 3 is 2.61 bits per heavy atom. The summed E-state index contributed by atoms with van der Waals surface area (Å²) >= 11 is 0. The van der Waals surface area contributed by atoms with Crippen LogP contribution in [0, 0.1) is 5.82 Å². The van der Waals surface area contributed by atoms with Gasteiger partial charge >= 0.3 is 0 Å². The van der Waals surface area contributed by atoms with E-state index >= 15 is 0 Å². The van der Waals surface area contributed by atoms with Gasteiger partial charge in [-0.25, -0.2) is 9.38 Å². The Bertz CT molecular complexity index is 902. The van der Waals surface area contributed by atoms with Gasteiger partial charge in [0.05, 0.1) is 12.6 Å². The molecule has 1 saturated carbocycles. The quantitative estimate of drug-likeness (QED) is 0.798. The highest BCUT2D eigenvalue weighted by atomic mass is 19.1. The van der Waals surface area contributed by atoms with Crippen molar-refractivity contribution in [2.75, 3.05) is 27.2 Å². The van der Waals surface area contributed by atoms with Gasteiger partial charge in [0.15, 0.2) is 0 Å². The fraction of sp³-hybridized carbons (Fsp3) is 0.435. The van der Waals surface area contributed by atoms with Gasteiger partial charge in [0.2, 0.25) is 0 Å². The first-order chi connectivity index (χ1) is 13.5. The number of hydrogen-bond acceptors (Lipinski definition) is 4. The van der Waals surface area contributed by atoms with Gasteiger partial charge in [-0.2, -0.15) is 0 Å². The first-order valence-corrected chi connectivity index (χ1v) is 10.0. The summed E-state index contributed by atoms with van der Waals surface area (Å²) in [6.07, 6.45) is 3.01. The number of aliphatic imine (C=N–C) groups is 1. The standard InChI is InChI=1S/C23H26FN3O/c1-26(2)19-13-23(14-19)15-25-22(28-23)27-12-11-16-5-3-4-6-20(16)21(27)17-7-9-18(24)10-8-17/h3-10,19,21H,11-15H2,1-2H3/t19-,21-,23+/m0/s1. The molecule has 0 unspecified atom stereocenters. The van der Waals surface area contributed by atoms with E-state index in [4.69, 9.17) is 9.73 Å². The summed E-state index contributed by atoms with van der Waals surface area (Å²) in [5.41, 5.74) is 3.54. The summed E-state index contributed by atoms with van der Waals surface area (Å²) in [5.74, 6) is -0.211. The van der Waals surface area contributed by atoms with E-state index in [2.05, 4.69) is 48.2 Å². The summed E-state index contributed by atoms with van der Waals surface area (Å²) < 4.78 is 20.0. The van der Waals surface area contributed by atoms with E-state index in [-0.39, 0.29) is 17.5 Å². The third kappa shape index (κ3) is 2.89. The Hall–Kier alpha value is -2.40. The zero-order chi connectivity index (χ0) is 19.3. The van der Waals surface area contributed by atoms with Gasteiger partial charge in [-0.15, -0.1) is 0 Å². The number of ether oxygens (including phenoxy) is 1. The van der Waals surface area contributed by atoms with Crippen LogP contribution in [0.4, 0.5) is 4.39 Å². The van der Waals surface area contributed by atoms with Crippen molar-refractivity contribution in [2.45, 2.75) is 36.9 Å². The third-order valence-electron chi connectivity index (χ3n) is 6.47. The number of halogens is 1. The summed E-state index contributed by atoms with van der Waals surface area (Å²) in [7, 11) is 4.25. The predicted molar refractivity (Wildman–Crippen MR) is 108 cm³/mol. The van der Waals surface area contributed by atoms with Crippen LogP contribution in [0.15, 0.2) is 53.5 Å². The van der Waals surface area contributed by atoms with Crippen LogP contribution in [0.2, 0.25) is 0 Å². The Kier molecular flexibility index (Phi) is 4.16. The molecule has 5 rings (SSSR count). The van der Waals surface area contributed by atoms with Crippen molar-refractivity contribution in [3.05, 3.63) is 71.0 Å². The number of benzene rings is 2. The molecule has 0 saturated heterocycles. The molecule has 28 heavy (non-hydrogen) atoms. The monoisotopic (exact) mass is 379 g/mol. The minimum absolute atomic E-state index is 0.00386. The van der Waals surface area contributed by atoms with E-state index < -0.39 is 0 Å². The molecule has 1 fully saturated rings. The number of amidine groups is 1. The van der Waals surface area contributed by atoms with Crippen LogP contribution in [0.3, 0.4) is 0 Å². The van der Waals surface area contributed by atoms with Crippen molar-refractivity contribution in [3.8, 4) is 0 Å². The molecular weight excluding hydrogens is 353 g/mol. The smallest absolute Gasteiger partial charge is 0.288 e. The van der Waals surface area contributed by atoms with Gasteiger partial charge in [-0.1, -0.05) is 36.4 Å². The molecule has 2 aromatic rings. The van der Waals surface area contributed by atoms with Crippen LogP contribution in [0.1, 0.15) is 35.6 Å². The molecule has 2 aliphatic heterocycles. The number of nitrogens with zero attached hydrogens (tertiary/aromatic N) is 3. The lowest BCUT2D eigenvalue weighted by Gasteiger charge is -2.47. The Morgan fingerprint density at radius 1 is 1.11 bits per heavy atom. The zero-order valence-electron chi connectivity index (χ0n) is 16.4. The molecule has 0 radical (unpaired) electrons. The average molecular weight is 379 g/mol. The number of rotatable bonds is 2. The molecule has 1 spiro atoms. The Morgan fingerprint density at radius 2 is 1.86 bits per heavy atom. The molecule has 4 nitrogen and oxygen atoms in total. The van der Waals surface area contributed by atoms with Crippen molar-refractivity contribution < 1.29 is 9.13 Å². The molecule has 1 atom stereocenters. The second-order valence-corrected chi connectivity index (χ2v) is 8.51. The van der Waals surface area contributed by atoms with Crippen LogP contribution < -0.4 is 0 Å². The number of fused-ring (bicyclic) bond motifs is 1. The van der Waals surface area contributed by atoms with Gasteiger partial charge < -0.3 is 14.5 Å². The largest absolute Gasteiger partial charge is 0.456 e. The van der Waals surface area contributed by atoms with Gasteiger partial charge in [0.25, 0.3) is 6.02 Å². The van der Waals surface area contributed by atoms with Crippen LogP contribution in [-0.2, 0) is 11.2 Å². The maximum atomic E-state index is 13.5. The first-order valence-electron chi connectivity index (χ1n) is 10.0. The highest BCUT2D eigenvalue weighted by Crippen LogP contribution is 2.44. The van der Waals surface area contributed by atoms with E-state index in [1.165, 1.54) is 23.3 Å². The second-order valence-electron chi connectivity index (χ2n) is 8.51. The minimum Gasteiger partial charge on any atom is -0.456 e. The molecule has 0 bridgehead atoms. The van der Waals surface area contributed by atoms with Crippen molar-refractivity contribution >= 4 is 6.02 Å². The van der Waals surface area contributed by atoms with E-state index in [1.807, 2.05) is 12.1 Å². The molecule has 0 amide bonds. The highest BCUT2D eigenvalue weighted by molar-refractivity contribution is 5.78. The van der Waals surface area contributed by atoms with Gasteiger partial charge in [-0.3, -0.25) is 0 Å². The number of hydrogen-bond donors (Lipinski definition) is 0. The SMILES string of the molecule is CN(C)[C@H]1C[C@]2(CN=C(N3CCc4ccccc4[C@@H]3c3ccc(F)cc3)O2)C1. The fourth-order valence-electron chi connectivity index (χ4n) is 4.77. The molecule has 2 aromatic carbocycles.